The zero-order valence-electron chi connectivity index (χ0n) is 14.5. The summed E-state index contributed by atoms with van der Waals surface area (Å²) in [5.41, 5.74) is 0.351. The average Bonchev–Trinajstić information content (AvgIpc) is 2.61. The molecule has 0 saturated carbocycles. The van der Waals surface area contributed by atoms with Crippen molar-refractivity contribution in [2.45, 2.75) is 4.90 Å². The highest BCUT2D eigenvalue weighted by Crippen LogP contribution is 2.28. The predicted molar refractivity (Wildman–Crippen MR) is 94.4 cm³/mol. The Morgan fingerprint density at radius 1 is 1.12 bits per heavy atom. The second-order valence-electron chi connectivity index (χ2n) is 5.33. The van der Waals surface area contributed by atoms with Crippen molar-refractivity contribution in [3.63, 3.8) is 0 Å². The van der Waals surface area contributed by atoms with Gasteiger partial charge < -0.3 is 14.8 Å². The molecular formula is C17H19FN2O5S. The number of benzene rings is 2. The highest BCUT2D eigenvalue weighted by atomic mass is 32.2. The highest BCUT2D eigenvalue weighted by molar-refractivity contribution is 7.89. The highest BCUT2D eigenvalue weighted by Gasteiger charge is 2.23. The molecule has 0 aliphatic carbocycles. The lowest BCUT2D eigenvalue weighted by atomic mass is 10.2. The van der Waals surface area contributed by atoms with Crippen molar-refractivity contribution in [1.29, 1.82) is 0 Å². The van der Waals surface area contributed by atoms with Gasteiger partial charge in [-0.15, -0.1) is 0 Å². The van der Waals surface area contributed by atoms with E-state index in [1.54, 1.807) is 18.2 Å². The van der Waals surface area contributed by atoms with Crippen molar-refractivity contribution >= 4 is 21.6 Å². The van der Waals surface area contributed by atoms with Gasteiger partial charge in [-0.25, -0.2) is 12.8 Å². The fourth-order valence-electron chi connectivity index (χ4n) is 2.18. The van der Waals surface area contributed by atoms with Crippen LogP contribution in [0.5, 0.6) is 11.5 Å². The Morgan fingerprint density at radius 2 is 1.77 bits per heavy atom. The summed E-state index contributed by atoms with van der Waals surface area (Å²) in [7, 11) is 0.273. The van der Waals surface area contributed by atoms with Crippen LogP contribution in [0.1, 0.15) is 0 Å². The van der Waals surface area contributed by atoms with Crippen LogP contribution in [0.2, 0.25) is 0 Å². The molecule has 2 aromatic rings. The van der Waals surface area contributed by atoms with Crippen LogP contribution in [0, 0.1) is 5.82 Å². The van der Waals surface area contributed by atoms with Crippen LogP contribution in [0.4, 0.5) is 10.1 Å². The zero-order valence-corrected chi connectivity index (χ0v) is 15.3. The van der Waals surface area contributed by atoms with Gasteiger partial charge in [0.05, 0.1) is 31.3 Å². The number of nitrogens with zero attached hydrogens (tertiary/aromatic N) is 1. The summed E-state index contributed by atoms with van der Waals surface area (Å²) in [5, 5.41) is 2.59. The van der Waals surface area contributed by atoms with E-state index in [1.807, 2.05) is 0 Å². The van der Waals surface area contributed by atoms with Crippen molar-refractivity contribution in [2.24, 2.45) is 0 Å². The first-order valence-electron chi connectivity index (χ1n) is 7.51. The first-order chi connectivity index (χ1) is 12.3. The first kappa shape index (κ1) is 19.7. The maximum Gasteiger partial charge on any atom is 0.243 e. The van der Waals surface area contributed by atoms with Crippen molar-refractivity contribution in [3.05, 3.63) is 48.3 Å². The number of sulfonamides is 1. The smallest absolute Gasteiger partial charge is 0.243 e. The molecule has 1 amide bonds. The van der Waals surface area contributed by atoms with Gasteiger partial charge >= 0.3 is 0 Å². The molecule has 0 heterocycles. The lowest BCUT2D eigenvalue weighted by Gasteiger charge is -2.18. The number of anilines is 1. The van der Waals surface area contributed by atoms with Gasteiger partial charge in [-0.1, -0.05) is 0 Å². The Bertz CT molecular complexity index is 885. The second kappa shape index (κ2) is 8.15. The fraction of sp³-hybridized carbons (Fsp3) is 0.235. The normalized spacial score (nSPS) is 11.3. The SMILES string of the molecule is COc1ccc(OC)c(NC(=O)CN(C)S(=O)(=O)c2ccc(F)cc2)c1. The van der Waals surface area contributed by atoms with Crippen molar-refractivity contribution in [3.8, 4) is 11.5 Å². The summed E-state index contributed by atoms with van der Waals surface area (Å²) < 4.78 is 49.0. The molecule has 26 heavy (non-hydrogen) atoms. The summed E-state index contributed by atoms with van der Waals surface area (Å²) in [4.78, 5) is 12.1. The van der Waals surface area contributed by atoms with E-state index in [4.69, 9.17) is 9.47 Å². The number of nitrogens with one attached hydrogen (secondary N) is 1. The van der Waals surface area contributed by atoms with Crippen molar-refractivity contribution in [1.82, 2.24) is 4.31 Å². The molecule has 0 aliphatic rings. The van der Waals surface area contributed by atoms with Gasteiger partial charge in [0.1, 0.15) is 17.3 Å². The molecule has 0 saturated heterocycles. The number of carbonyl (C=O) groups excluding carboxylic acids is 1. The van der Waals surface area contributed by atoms with Crippen LogP contribution in [0.3, 0.4) is 0 Å². The molecule has 2 rings (SSSR count). The minimum Gasteiger partial charge on any atom is -0.497 e. The van der Waals surface area contributed by atoms with Crippen LogP contribution < -0.4 is 14.8 Å². The van der Waals surface area contributed by atoms with E-state index in [0.29, 0.717) is 17.2 Å². The Morgan fingerprint density at radius 3 is 2.35 bits per heavy atom. The molecule has 0 aliphatic heterocycles. The van der Waals surface area contributed by atoms with Gasteiger partial charge in [0, 0.05) is 13.1 Å². The maximum absolute atomic E-state index is 13.0. The molecule has 7 nitrogen and oxygen atoms in total. The van der Waals surface area contributed by atoms with E-state index < -0.39 is 28.3 Å². The topological polar surface area (TPSA) is 84.9 Å². The quantitative estimate of drug-likeness (QED) is 0.793. The van der Waals surface area contributed by atoms with E-state index in [1.165, 1.54) is 21.3 Å². The molecule has 0 aromatic heterocycles. The summed E-state index contributed by atoms with van der Waals surface area (Å²) >= 11 is 0. The van der Waals surface area contributed by atoms with Gasteiger partial charge in [-0.05, 0) is 36.4 Å². The largest absolute Gasteiger partial charge is 0.497 e. The van der Waals surface area contributed by atoms with Crippen LogP contribution in [0.15, 0.2) is 47.4 Å². The van der Waals surface area contributed by atoms with Crippen LogP contribution in [-0.4, -0.2) is 46.4 Å². The summed E-state index contributed by atoms with van der Waals surface area (Å²) in [6.45, 7) is -0.430. The van der Waals surface area contributed by atoms with E-state index in [9.17, 15) is 17.6 Å². The van der Waals surface area contributed by atoms with Crippen molar-refractivity contribution < 1.29 is 27.1 Å². The number of methoxy groups -OCH3 is 2. The number of carbonyl (C=O) groups is 1. The first-order valence-corrected chi connectivity index (χ1v) is 8.95. The van der Waals surface area contributed by atoms with E-state index in [2.05, 4.69) is 5.32 Å². The fourth-order valence-corrected chi connectivity index (χ4v) is 3.30. The third-order valence-corrected chi connectivity index (χ3v) is 5.39. The summed E-state index contributed by atoms with van der Waals surface area (Å²) in [6, 6.07) is 9.22. The van der Waals surface area contributed by atoms with Crippen LogP contribution in [0.25, 0.3) is 0 Å². The van der Waals surface area contributed by atoms with E-state index in [0.717, 1.165) is 28.6 Å². The monoisotopic (exact) mass is 382 g/mol. The number of hydrogen-bond acceptors (Lipinski definition) is 5. The number of halogens is 1. The number of likely N-dealkylation sites (N-methyl/N-ethyl adjacent to an activating group) is 1. The van der Waals surface area contributed by atoms with E-state index in [-0.39, 0.29) is 4.90 Å². The Kier molecular flexibility index (Phi) is 6.17. The minimum atomic E-state index is -3.92. The number of rotatable bonds is 7. The van der Waals surface area contributed by atoms with Gasteiger partial charge in [-0.3, -0.25) is 4.79 Å². The average molecular weight is 382 g/mol. The minimum absolute atomic E-state index is 0.104. The molecule has 0 fully saturated rings. The third kappa shape index (κ3) is 4.50. The standard InChI is InChI=1S/C17H19FN2O5S/c1-20(26(22,23)14-7-4-12(18)5-8-14)11-17(21)19-15-10-13(24-2)6-9-16(15)25-3/h4-10H,11H2,1-3H3,(H,19,21). The molecule has 2 aromatic carbocycles. The molecule has 140 valence electrons. The summed E-state index contributed by atoms with van der Waals surface area (Å²) in [5.74, 6) is -0.198. The molecular weight excluding hydrogens is 363 g/mol. The van der Waals surface area contributed by atoms with Gasteiger partial charge in [-0.2, -0.15) is 4.31 Å². The number of hydrogen-bond donors (Lipinski definition) is 1. The lowest BCUT2D eigenvalue weighted by molar-refractivity contribution is -0.116. The molecule has 0 atom stereocenters. The Labute approximate surface area is 151 Å². The lowest BCUT2D eigenvalue weighted by Crippen LogP contribution is -2.35. The van der Waals surface area contributed by atoms with Crippen molar-refractivity contribution in [2.75, 3.05) is 33.1 Å². The maximum atomic E-state index is 13.0. The van der Waals surface area contributed by atoms with Crippen LogP contribution >= 0.6 is 0 Å². The molecule has 0 radical (unpaired) electrons. The third-order valence-electron chi connectivity index (χ3n) is 3.57. The summed E-state index contributed by atoms with van der Waals surface area (Å²) in [6.07, 6.45) is 0. The number of ether oxygens (including phenoxy) is 2. The molecule has 9 heteroatoms. The van der Waals surface area contributed by atoms with Gasteiger partial charge in [0.25, 0.3) is 0 Å². The molecule has 0 bridgehead atoms. The van der Waals surface area contributed by atoms with Crippen LogP contribution in [-0.2, 0) is 14.8 Å². The van der Waals surface area contributed by atoms with E-state index >= 15 is 0 Å². The second-order valence-corrected chi connectivity index (χ2v) is 7.37. The number of amides is 1. The Balaban J connectivity index is 2.13. The zero-order chi connectivity index (χ0) is 19.3. The molecule has 0 unspecified atom stereocenters. The molecule has 1 N–H and O–H groups in total. The Hall–Kier alpha value is -2.65. The predicted octanol–water partition coefficient (Wildman–Crippen LogP) is 2.10. The van der Waals surface area contributed by atoms with Gasteiger partial charge in [0.15, 0.2) is 0 Å². The molecule has 0 spiro atoms. The van der Waals surface area contributed by atoms with Gasteiger partial charge in [0.2, 0.25) is 15.9 Å².